The van der Waals surface area contributed by atoms with E-state index in [2.05, 4.69) is 9.98 Å². The van der Waals surface area contributed by atoms with Crippen molar-refractivity contribution in [1.29, 1.82) is 0 Å². The van der Waals surface area contributed by atoms with Crippen molar-refractivity contribution in [2.75, 3.05) is 34.9 Å². The third-order valence-electron chi connectivity index (χ3n) is 15.7. The number of benzene rings is 1. The highest BCUT2D eigenvalue weighted by Crippen LogP contribution is 2.38. The number of nitrogens with zero attached hydrogens (tertiary/aromatic N) is 3. The second-order valence-corrected chi connectivity index (χ2v) is 22.6. The van der Waals surface area contributed by atoms with Crippen LogP contribution in [0.15, 0.2) is 47.0 Å². The first-order valence-corrected chi connectivity index (χ1v) is 27.2. The molecule has 0 aliphatic carbocycles. The van der Waals surface area contributed by atoms with Crippen LogP contribution >= 0.6 is 0 Å². The summed E-state index contributed by atoms with van der Waals surface area (Å²) in [6.07, 6.45) is -8.89. The van der Waals surface area contributed by atoms with Crippen LogP contribution in [-0.4, -0.2) is 203 Å². The zero-order valence-electron chi connectivity index (χ0n) is 47.5. The number of amidine groups is 1. The number of cyclic esters (lactones) is 1. The van der Waals surface area contributed by atoms with Gasteiger partial charge in [-0.25, -0.2) is 4.98 Å². The molecule has 8 N–H and O–H groups in total. The van der Waals surface area contributed by atoms with Gasteiger partial charge >= 0.3 is 5.97 Å². The van der Waals surface area contributed by atoms with Crippen molar-refractivity contribution in [3.8, 4) is 0 Å². The molecule has 0 amide bonds. The van der Waals surface area contributed by atoms with Gasteiger partial charge in [-0.05, 0) is 106 Å². The number of carbonyl (C=O) groups excluding carboxylic acids is 2. The number of methoxy groups -OCH3 is 2. The average Bonchev–Trinajstić information content (AvgIpc) is 3.77. The number of aliphatic imine (C=N–C) groups is 1. The third-order valence-corrected chi connectivity index (χ3v) is 15.7. The minimum Gasteiger partial charge on any atom is -0.462 e. The van der Waals surface area contributed by atoms with E-state index in [1.807, 2.05) is 58.9 Å². The summed E-state index contributed by atoms with van der Waals surface area (Å²) in [4.78, 5) is 43.2. The number of ether oxygens (including phenoxy) is 9. The lowest BCUT2D eigenvalue weighted by atomic mass is 9.79. The third kappa shape index (κ3) is 15.4. The molecule has 21 heteroatoms. The monoisotopic (exact) mass is 1090 g/mol. The van der Waals surface area contributed by atoms with E-state index in [4.69, 9.17) is 53.3 Å². The number of fused-ring (bicyclic) bond motifs is 1. The molecule has 1 aromatic carbocycles. The maximum atomic E-state index is 14.3. The molecule has 434 valence electrons. The predicted octanol–water partition coefficient (Wildman–Crippen LogP) is 3.48. The number of aliphatic hydroxyl groups excluding tert-OH is 4. The van der Waals surface area contributed by atoms with Crippen LogP contribution in [-0.2, 0) is 58.6 Å². The maximum Gasteiger partial charge on any atom is 0.308 e. The number of likely N-dealkylation sites (N-methyl/N-ethyl adjacent to an activating group) is 1. The first-order valence-electron chi connectivity index (χ1n) is 27.2. The number of allylic oxidation sites excluding steroid dienone is 3. The molecule has 2 aromatic rings. The molecule has 3 saturated heterocycles. The normalized spacial score (nSPS) is 40.6. The van der Waals surface area contributed by atoms with Crippen molar-refractivity contribution in [3.63, 3.8) is 0 Å². The van der Waals surface area contributed by atoms with Crippen LogP contribution in [0.1, 0.15) is 106 Å². The highest BCUT2D eigenvalue weighted by Gasteiger charge is 2.52. The van der Waals surface area contributed by atoms with Gasteiger partial charge in [-0.2, -0.15) is 0 Å². The minimum atomic E-state index is -1.51. The average molecular weight is 1090 g/mol. The molecule has 1 aromatic heterocycles. The Morgan fingerprint density at radius 2 is 1.61 bits per heavy atom. The van der Waals surface area contributed by atoms with Crippen LogP contribution in [0.4, 0.5) is 0 Å². The first kappa shape index (κ1) is 62.4. The second-order valence-electron chi connectivity index (χ2n) is 22.6. The Labute approximate surface area is 453 Å². The van der Waals surface area contributed by atoms with Gasteiger partial charge in [-0.3, -0.25) is 14.6 Å². The van der Waals surface area contributed by atoms with Crippen molar-refractivity contribution < 1.29 is 77.8 Å². The molecule has 0 radical (unpaired) electrons. The highest BCUT2D eigenvalue weighted by molar-refractivity contribution is 6.00. The van der Waals surface area contributed by atoms with E-state index >= 15 is 0 Å². The van der Waals surface area contributed by atoms with Crippen molar-refractivity contribution >= 4 is 28.6 Å². The molecule has 21 atom stereocenters. The molecule has 6 unspecified atom stereocenters. The van der Waals surface area contributed by atoms with Crippen LogP contribution < -0.4 is 5.73 Å². The lowest BCUT2D eigenvalue weighted by Crippen LogP contribution is -2.65. The summed E-state index contributed by atoms with van der Waals surface area (Å²) < 4.78 is 55.9. The summed E-state index contributed by atoms with van der Waals surface area (Å²) in [7, 11) is 6.51. The second kappa shape index (κ2) is 27.1. The van der Waals surface area contributed by atoms with E-state index in [0.717, 1.165) is 0 Å². The smallest absolute Gasteiger partial charge is 0.308 e. The molecule has 0 spiro atoms. The van der Waals surface area contributed by atoms with Gasteiger partial charge in [0.2, 0.25) is 0 Å². The number of nitrogens with two attached hydrogens (primary N) is 1. The van der Waals surface area contributed by atoms with Gasteiger partial charge in [0.1, 0.15) is 54.4 Å². The summed E-state index contributed by atoms with van der Waals surface area (Å²) in [5, 5.41) is 57.1. The Bertz CT molecular complexity index is 2340. The van der Waals surface area contributed by atoms with Gasteiger partial charge in [-0.15, -0.1) is 0 Å². The van der Waals surface area contributed by atoms with E-state index in [1.165, 1.54) is 27.2 Å². The summed E-state index contributed by atoms with van der Waals surface area (Å²) in [5.74, 6) is -2.56. The fourth-order valence-electron chi connectivity index (χ4n) is 11.3. The standard InChI is InChI=1S/C56H89N5O16/c1-15-41-36(26-71-55-51(70-14)50(69-13)46(65)31(7)73-55)20-28(4)16-19-39(62)29(5)21-35(23-42-59-37-18-17-34(22-38(37)60-42)53(57)58-27(2)3)48(30(6)40(63)24-43(64)75-41)77-54-47(66)45(61(11)12)49(32(8)74-54)76-44-25-56(10,68)52(67)33(9)72-44/h16-20,22,27,29-33,35-36,40-41,44-52,54-55,63,65-68H,15,21,23-26H2,1-14H3,(H2,57,58)(H,59,60)/b19-16+,28-20+/t29-,30?,31+,32+,33+,35?,36?,40?,41?,44+,45+,46+,47+,48?,49+,50+,51+,52+,54-,55-,56-/m0/s1. The Hall–Kier alpha value is -3.78. The number of rotatable bonds is 15. The number of nitrogens with one attached hydrogen (secondary N) is 1. The van der Waals surface area contributed by atoms with Crippen LogP contribution in [0.25, 0.3) is 11.0 Å². The lowest BCUT2D eigenvalue weighted by molar-refractivity contribution is -0.342. The molecular formula is C56H89N5O16. The fourth-order valence-corrected chi connectivity index (χ4v) is 11.3. The lowest BCUT2D eigenvalue weighted by Gasteiger charge is -2.50. The summed E-state index contributed by atoms with van der Waals surface area (Å²) in [6.45, 7) is 17.8. The summed E-state index contributed by atoms with van der Waals surface area (Å²) in [6, 6.07) is 4.80. The number of esters is 1. The highest BCUT2D eigenvalue weighted by atomic mass is 16.7. The first-order chi connectivity index (χ1) is 36.3. The number of H-pyrrole nitrogens is 1. The van der Waals surface area contributed by atoms with Gasteiger partial charge in [0.05, 0.1) is 66.2 Å². The van der Waals surface area contributed by atoms with Crippen molar-refractivity contribution in [2.24, 2.45) is 34.4 Å². The van der Waals surface area contributed by atoms with Gasteiger partial charge in [0.25, 0.3) is 0 Å². The number of hydrogen-bond acceptors (Lipinski definition) is 19. The summed E-state index contributed by atoms with van der Waals surface area (Å²) >= 11 is 0. The maximum absolute atomic E-state index is 14.3. The molecule has 21 nitrogen and oxygen atoms in total. The SMILES string of the molecule is CCC1OC(=O)CC(O)C(C)C(O[C@@H]2O[C@H](C)[C@@H](O[C@@H]3C[C@](C)(O)[C@H](O)[C@@H](C)O3)[C@H](N(C)C)[C@H]2O)C(Cc2nc3ccc(C(N)=NC(C)C)cc3[nH]2)C[C@H](C)C(=O)/C=C/C(C)=C/C1CO[C@H]1O[C@H](C)[C@@H](O)[C@@H](OC)[C@H]1OC. The Morgan fingerprint density at radius 3 is 2.25 bits per heavy atom. The number of hydrogen-bond donors (Lipinski definition) is 7. The van der Waals surface area contributed by atoms with E-state index in [9.17, 15) is 35.1 Å². The number of ketones is 1. The van der Waals surface area contributed by atoms with Crippen molar-refractivity contribution in [3.05, 3.63) is 53.4 Å². The van der Waals surface area contributed by atoms with Gasteiger partial charge < -0.3 is 83.8 Å². The molecule has 5 heterocycles. The van der Waals surface area contributed by atoms with E-state index in [-0.39, 0.29) is 37.7 Å². The molecule has 0 saturated carbocycles. The van der Waals surface area contributed by atoms with E-state index in [1.54, 1.807) is 52.8 Å². The van der Waals surface area contributed by atoms with Crippen LogP contribution in [0, 0.1) is 23.7 Å². The topological polar surface area (TPSA) is 289 Å². The van der Waals surface area contributed by atoms with E-state index < -0.39 is 140 Å². The predicted molar refractivity (Wildman–Crippen MR) is 285 cm³/mol. The minimum absolute atomic E-state index is 0.0115. The fraction of sp³-hybridized carbons (Fsp3) is 0.750. The Morgan fingerprint density at radius 1 is 0.922 bits per heavy atom. The largest absolute Gasteiger partial charge is 0.462 e. The molecule has 3 fully saturated rings. The zero-order valence-corrected chi connectivity index (χ0v) is 47.5. The number of aromatic amines is 1. The molecule has 4 aliphatic heterocycles. The number of imidazole rings is 1. The van der Waals surface area contributed by atoms with Gasteiger partial charge in [0.15, 0.2) is 24.7 Å². The number of aliphatic hydroxyl groups is 5. The number of carbonyl (C=O) groups is 2. The van der Waals surface area contributed by atoms with Gasteiger partial charge in [-0.1, -0.05) is 38.5 Å². The van der Waals surface area contributed by atoms with Crippen LogP contribution in [0.3, 0.4) is 0 Å². The Kier molecular flexibility index (Phi) is 22.0. The molecule has 77 heavy (non-hydrogen) atoms. The summed E-state index contributed by atoms with van der Waals surface area (Å²) in [5.41, 5.74) is 7.64. The molecule has 6 rings (SSSR count). The quantitative estimate of drug-likeness (QED) is 0.0763. The molecular weight excluding hydrogens is 999 g/mol. The molecule has 0 bridgehead atoms. The zero-order chi connectivity index (χ0) is 56.8. The van der Waals surface area contributed by atoms with E-state index in [0.29, 0.717) is 40.3 Å². The van der Waals surface area contributed by atoms with Crippen LogP contribution in [0.5, 0.6) is 0 Å². The van der Waals surface area contributed by atoms with Gasteiger partial charge in [0, 0.05) is 56.4 Å². The Balaban J connectivity index is 1.36. The van der Waals surface area contributed by atoms with Crippen molar-refractivity contribution in [2.45, 2.75) is 211 Å². The van der Waals surface area contributed by atoms with Crippen molar-refractivity contribution in [1.82, 2.24) is 14.9 Å². The number of aromatic nitrogens is 2. The molecule has 4 aliphatic rings. The van der Waals surface area contributed by atoms with Crippen LogP contribution in [0.2, 0.25) is 0 Å².